The summed E-state index contributed by atoms with van der Waals surface area (Å²) in [5, 5.41) is 4.30. The van der Waals surface area contributed by atoms with Crippen LogP contribution in [-0.2, 0) is 24.8 Å². The number of nitrogens with zero attached hydrogens (tertiary/aromatic N) is 2. The Hall–Kier alpha value is -4.74. The first-order valence-corrected chi connectivity index (χ1v) is 15.0. The van der Waals surface area contributed by atoms with Gasteiger partial charge in [-0.25, -0.2) is 16.8 Å². The van der Waals surface area contributed by atoms with Crippen LogP contribution >= 0.6 is 0 Å². The summed E-state index contributed by atoms with van der Waals surface area (Å²) in [6.45, 7) is -0.522. The lowest BCUT2D eigenvalue weighted by atomic mass is 10.1. The highest BCUT2D eigenvalue weighted by Crippen LogP contribution is 2.26. The van der Waals surface area contributed by atoms with Crippen LogP contribution in [0, 0.1) is 0 Å². The van der Waals surface area contributed by atoms with E-state index in [0.717, 1.165) is 15.1 Å². The quantitative estimate of drug-likeness (QED) is 0.260. The van der Waals surface area contributed by atoms with Gasteiger partial charge in [0.2, 0.25) is 5.91 Å². The minimum atomic E-state index is -4.07. The van der Waals surface area contributed by atoms with Crippen molar-refractivity contribution >= 4 is 53.8 Å². The molecule has 11 heteroatoms. The Labute approximate surface area is 232 Å². The van der Waals surface area contributed by atoms with Crippen LogP contribution in [0.1, 0.15) is 0 Å². The van der Waals surface area contributed by atoms with Crippen molar-refractivity contribution in [1.82, 2.24) is 4.98 Å². The number of sulfonamides is 2. The molecule has 0 unspecified atom stereocenters. The number of hydrogen-bond acceptors (Lipinski definition) is 6. The molecule has 0 aliphatic rings. The van der Waals surface area contributed by atoms with Gasteiger partial charge in [-0.05, 0) is 60.0 Å². The third-order valence-corrected chi connectivity index (χ3v) is 9.20. The van der Waals surface area contributed by atoms with E-state index in [1.165, 1.54) is 48.8 Å². The second kappa shape index (κ2) is 11.2. The lowest BCUT2D eigenvalue weighted by Crippen LogP contribution is -2.38. The summed E-state index contributed by atoms with van der Waals surface area (Å²) in [5.41, 5.74) is 0.977. The number of rotatable bonds is 9. The molecular weight excluding hydrogens is 548 g/mol. The molecule has 0 atom stereocenters. The third-order valence-electron chi connectivity index (χ3n) is 6.03. The summed E-state index contributed by atoms with van der Waals surface area (Å²) in [5.74, 6) is -0.618. The molecule has 0 spiro atoms. The van der Waals surface area contributed by atoms with Gasteiger partial charge in [-0.3, -0.25) is 18.8 Å². The number of fused-ring (bicyclic) bond motifs is 1. The zero-order valence-electron chi connectivity index (χ0n) is 21.0. The van der Waals surface area contributed by atoms with E-state index in [-0.39, 0.29) is 15.5 Å². The van der Waals surface area contributed by atoms with Gasteiger partial charge in [0, 0.05) is 17.3 Å². The molecule has 0 saturated heterocycles. The molecule has 4 aromatic carbocycles. The minimum Gasteiger partial charge on any atom is -0.325 e. The number of benzene rings is 4. The van der Waals surface area contributed by atoms with Gasteiger partial charge in [0.15, 0.2) is 0 Å². The molecule has 0 aliphatic heterocycles. The molecule has 0 bridgehead atoms. The summed E-state index contributed by atoms with van der Waals surface area (Å²) in [7, 11) is -7.98. The van der Waals surface area contributed by atoms with Crippen LogP contribution in [0.2, 0.25) is 0 Å². The average Bonchev–Trinajstić information content (AvgIpc) is 2.97. The normalized spacial score (nSPS) is 11.6. The van der Waals surface area contributed by atoms with Crippen LogP contribution in [0.3, 0.4) is 0 Å². The number of amides is 1. The fourth-order valence-corrected chi connectivity index (χ4v) is 6.61. The summed E-state index contributed by atoms with van der Waals surface area (Å²) in [6.07, 6.45) is 2.86. The van der Waals surface area contributed by atoms with Crippen molar-refractivity contribution in [3.63, 3.8) is 0 Å². The standard InChI is InChI=1S/C29H24N4O5S2/c34-29(21-33(24-10-7-19-30-20-24)40(37,38)26-11-2-1-3-12-26)31-23-15-17-25(18-16-23)39(35,36)32-28-14-6-9-22-8-4-5-13-27(22)28/h1-20,32H,21H2,(H,31,34). The fourth-order valence-electron chi connectivity index (χ4n) is 4.10. The van der Waals surface area contributed by atoms with Gasteiger partial charge in [-0.1, -0.05) is 54.6 Å². The summed E-state index contributed by atoms with van der Waals surface area (Å²) < 4.78 is 56.4. The fraction of sp³-hybridized carbons (Fsp3) is 0.0345. The van der Waals surface area contributed by atoms with Crippen molar-refractivity contribution in [3.8, 4) is 0 Å². The van der Waals surface area contributed by atoms with Crippen LogP contribution in [-0.4, -0.2) is 34.3 Å². The minimum absolute atomic E-state index is 0.00192. The second-order valence-electron chi connectivity index (χ2n) is 8.74. The van der Waals surface area contributed by atoms with Crippen LogP contribution < -0.4 is 14.3 Å². The van der Waals surface area contributed by atoms with Gasteiger partial charge in [0.25, 0.3) is 20.0 Å². The maximum absolute atomic E-state index is 13.4. The molecule has 0 saturated carbocycles. The number of pyridine rings is 1. The van der Waals surface area contributed by atoms with E-state index in [2.05, 4.69) is 15.0 Å². The first-order chi connectivity index (χ1) is 19.2. The van der Waals surface area contributed by atoms with Gasteiger partial charge < -0.3 is 5.32 Å². The van der Waals surface area contributed by atoms with E-state index in [9.17, 15) is 21.6 Å². The van der Waals surface area contributed by atoms with E-state index in [0.29, 0.717) is 11.4 Å². The predicted molar refractivity (Wildman–Crippen MR) is 155 cm³/mol. The van der Waals surface area contributed by atoms with E-state index in [1.807, 2.05) is 30.3 Å². The summed E-state index contributed by atoms with van der Waals surface area (Å²) in [6, 6.07) is 29.3. The molecule has 5 rings (SSSR count). The van der Waals surface area contributed by atoms with Gasteiger partial charge in [-0.2, -0.15) is 0 Å². The number of nitrogens with one attached hydrogen (secondary N) is 2. The molecule has 202 valence electrons. The van der Waals surface area contributed by atoms with Crippen LogP contribution in [0.25, 0.3) is 10.8 Å². The zero-order chi connectivity index (χ0) is 28.2. The highest BCUT2D eigenvalue weighted by atomic mass is 32.2. The molecule has 5 aromatic rings. The molecule has 0 aliphatic carbocycles. The number of carbonyl (C=O) groups is 1. The Balaban J connectivity index is 1.33. The van der Waals surface area contributed by atoms with Crippen LogP contribution in [0.15, 0.2) is 131 Å². The Kier molecular flexibility index (Phi) is 7.50. The Morgan fingerprint density at radius 1 is 0.725 bits per heavy atom. The zero-order valence-corrected chi connectivity index (χ0v) is 22.6. The molecule has 1 heterocycles. The Bertz CT molecular complexity index is 1860. The summed E-state index contributed by atoms with van der Waals surface area (Å²) in [4.78, 5) is 17.0. The number of aromatic nitrogens is 1. The monoisotopic (exact) mass is 572 g/mol. The van der Waals surface area contributed by atoms with Crippen molar-refractivity contribution in [1.29, 1.82) is 0 Å². The SMILES string of the molecule is O=C(CN(c1cccnc1)S(=O)(=O)c1ccccc1)Nc1ccc(S(=O)(=O)Nc2cccc3ccccc23)cc1. The molecule has 0 radical (unpaired) electrons. The third kappa shape index (κ3) is 5.80. The smallest absolute Gasteiger partial charge is 0.264 e. The summed E-state index contributed by atoms with van der Waals surface area (Å²) >= 11 is 0. The van der Waals surface area contributed by atoms with Gasteiger partial charge >= 0.3 is 0 Å². The number of anilines is 3. The maximum atomic E-state index is 13.4. The van der Waals surface area contributed by atoms with Crippen molar-refractivity contribution < 1.29 is 21.6 Å². The van der Waals surface area contributed by atoms with E-state index in [1.54, 1.807) is 42.5 Å². The van der Waals surface area contributed by atoms with Crippen LogP contribution in [0.5, 0.6) is 0 Å². The molecule has 1 aromatic heterocycles. The highest BCUT2D eigenvalue weighted by Gasteiger charge is 2.27. The maximum Gasteiger partial charge on any atom is 0.264 e. The first-order valence-electron chi connectivity index (χ1n) is 12.1. The molecule has 40 heavy (non-hydrogen) atoms. The first kappa shape index (κ1) is 26.9. The van der Waals surface area contributed by atoms with Gasteiger partial charge in [0.05, 0.1) is 27.4 Å². The second-order valence-corrected chi connectivity index (χ2v) is 12.3. The Morgan fingerprint density at radius 3 is 2.15 bits per heavy atom. The average molecular weight is 573 g/mol. The molecular formula is C29H24N4O5S2. The molecule has 1 amide bonds. The molecule has 9 nitrogen and oxygen atoms in total. The molecule has 2 N–H and O–H groups in total. The van der Waals surface area contributed by atoms with Crippen molar-refractivity contribution in [2.75, 3.05) is 20.9 Å². The lowest BCUT2D eigenvalue weighted by Gasteiger charge is -2.23. The topological polar surface area (TPSA) is 126 Å². The Morgan fingerprint density at radius 2 is 1.43 bits per heavy atom. The van der Waals surface area contributed by atoms with Crippen molar-refractivity contribution in [2.45, 2.75) is 9.79 Å². The van der Waals surface area contributed by atoms with E-state index < -0.39 is 32.5 Å². The molecule has 0 fully saturated rings. The number of hydrogen-bond donors (Lipinski definition) is 2. The predicted octanol–water partition coefficient (Wildman–Crippen LogP) is 4.87. The van der Waals surface area contributed by atoms with Gasteiger partial charge in [0.1, 0.15) is 6.54 Å². The van der Waals surface area contributed by atoms with E-state index >= 15 is 0 Å². The van der Waals surface area contributed by atoms with Crippen molar-refractivity contribution in [3.05, 3.63) is 122 Å². The van der Waals surface area contributed by atoms with Crippen molar-refractivity contribution in [2.24, 2.45) is 0 Å². The number of carbonyl (C=O) groups excluding carboxylic acids is 1. The van der Waals surface area contributed by atoms with Gasteiger partial charge in [-0.15, -0.1) is 0 Å². The van der Waals surface area contributed by atoms with E-state index in [4.69, 9.17) is 0 Å². The van der Waals surface area contributed by atoms with Crippen LogP contribution in [0.4, 0.5) is 17.1 Å². The highest BCUT2D eigenvalue weighted by molar-refractivity contribution is 7.93. The largest absolute Gasteiger partial charge is 0.325 e. The lowest BCUT2D eigenvalue weighted by molar-refractivity contribution is -0.114.